The van der Waals surface area contributed by atoms with Gasteiger partial charge in [0.25, 0.3) is 0 Å². The van der Waals surface area contributed by atoms with Crippen LogP contribution in [0.2, 0.25) is 0 Å². The van der Waals surface area contributed by atoms with Crippen LogP contribution in [0.5, 0.6) is 0 Å². The molecule has 0 saturated heterocycles. The van der Waals surface area contributed by atoms with E-state index in [4.69, 9.17) is 9.47 Å². The number of methoxy groups -OCH3 is 2. The van der Waals surface area contributed by atoms with Gasteiger partial charge in [0, 0.05) is 14.2 Å². The molecule has 0 radical (unpaired) electrons. The molecule has 1 aromatic heterocycles. The number of hydrogen-bond acceptors (Lipinski definition) is 4. The summed E-state index contributed by atoms with van der Waals surface area (Å²) in [5.41, 5.74) is 0. The molecular formula is C9H14O3S. The molecule has 0 fully saturated rings. The maximum absolute atomic E-state index is 9.59. The zero-order valence-corrected chi connectivity index (χ0v) is 8.80. The SMILES string of the molecule is COC(OC)(c1cccs1)C(C)O. The molecule has 3 nitrogen and oxygen atoms in total. The Morgan fingerprint density at radius 3 is 2.38 bits per heavy atom. The van der Waals surface area contributed by atoms with Crippen LogP contribution in [0.1, 0.15) is 11.8 Å². The molecule has 0 aliphatic heterocycles. The first-order chi connectivity index (χ1) is 6.17. The number of aliphatic hydroxyl groups excluding tert-OH is 1. The fourth-order valence-corrected chi connectivity index (χ4v) is 2.27. The molecule has 1 unspecified atom stereocenters. The quantitative estimate of drug-likeness (QED) is 0.753. The number of rotatable bonds is 4. The second kappa shape index (κ2) is 4.19. The van der Waals surface area contributed by atoms with Gasteiger partial charge < -0.3 is 14.6 Å². The van der Waals surface area contributed by atoms with Crippen LogP contribution in [-0.2, 0) is 15.3 Å². The van der Waals surface area contributed by atoms with Crippen LogP contribution in [0.15, 0.2) is 17.5 Å². The number of ether oxygens (including phenoxy) is 2. The summed E-state index contributed by atoms with van der Waals surface area (Å²) < 4.78 is 10.5. The molecule has 0 spiro atoms. The lowest BCUT2D eigenvalue weighted by Gasteiger charge is -2.32. The summed E-state index contributed by atoms with van der Waals surface area (Å²) in [6, 6.07) is 3.78. The molecular weight excluding hydrogens is 188 g/mol. The average Bonchev–Trinajstić information content (AvgIpc) is 2.60. The molecule has 0 bridgehead atoms. The van der Waals surface area contributed by atoms with Crippen molar-refractivity contribution in [3.63, 3.8) is 0 Å². The first kappa shape index (κ1) is 10.7. The molecule has 0 aliphatic carbocycles. The molecule has 1 heterocycles. The summed E-state index contributed by atoms with van der Waals surface area (Å²) in [6.07, 6.45) is -0.707. The average molecular weight is 202 g/mol. The maximum atomic E-state index is 9.59. The highest BCUT2D eigenvalue weighted by Gasteiger charge is 2.38. The van der Waals surface area contributed by atoms with Crippen LogP contribution >= 0.6 is 11.3 Å². The van der Waals surface area contributed by atoms with Gasteiger partial charge in [-0.25, -0.2) is 0 Å². The highest BCUT2D eigenvalue weighted by Crippen LogP contribution is 2.32. The molecule has 1 atom stereocenters. The zero-order chi connectivity index (χ0) is 9.90. The van der Waals surface area contributed by atoms with E-state index < -0.39 is 11.9 Å². The monoisotopic (exact) mass is 202 g/mol. The molecule has 0 saturated carbocycles. The normalized spacial score (nSPS) is 14.5. The van der Waals surface area contributed by atoms with E-state index in [0.29, 0.717) is 0 Å². The van der Waals surface area contributed by atoms with Gasteiger partial charge in [0.15, 0.2) is 0 Å². The van der Waals surface area contributed by atoms with Crippen molar-refractivity contribution in [1.29, 1.82) is 0 Å². The smallest absolute Gasteiger partial charge is 0.230 e. The predicted octanol–water partition coefficient (Wildman–Crippen LogP) is 1.57. The molecule has 0 aliphatic rings. The van der Waals surface area contributed by atoms with Crippen molar-refractivity contribution in [2.75, 3.05) is 14.2 Å². The second-order valence-corrected chi connectivity index (χ2v) is 3.68. The van der Waals surface area contributed by atoms with E-state index in [1.165, 1.54) is 25.6 Å². The highest BCUT2D eigenvalue weighted by molar-refractivity contribution is 7.10. The van der Waals surface area contributed by atoms with Crippen LogP contribution in [0.4, 0.5) is 0 Å². The second-order valence-electron chi connectivity index (χ2n) is 2.73. The Bertz CT molecular complexity index is 239. The van der Waals surface area contributed by atoms with E-state index in [2.05, 4.69) is 0 Å². The largest absolute Gasteiger partial charge is 0.387 e. The van der Waals surface area contributed by atoms with Gasteiger partial charge in [0.1, 0.15) is 6.10 Å². The molecule has 1 N–H and O–H groups in total. The van der Waals surface area contributed by atoms with Crippen LogP contribution in [0.3, 0.4) is 0 Å². The number of hydrogen-bond donors (Lipinski definition) is 1. The summed E-state index contributed by atoms with van der Waals surface area (Å²) in [7, 11) is 3.05. The third kappa shape index (κ3) is 1.76. The van der Waals surface area contributed by atoms with Gasteiger partial charge in [-0.05, 0) is 18.4 Å². The summed E-state index contributed by atoms with van der Waals surface area (Å²) in [6.45, 7) is 1.65. The minimum Gasteiger partial charge on any atom is -0.387 e. The van der Waals surface area contributed by atoms with Gasteiger partial charge in [0.05, 0.1) is 4.88 Å². The topological polar surface area (TPSA) is 38.7 Å². The molecule has 13 heavy (non-hydrogen) atoms. The Morgan fingerprint density at radius 2 is 2.08 bits per heavy atom. The van der Waals surface area contributed by atoms with Crippen LogP contribution in [0.25, 0.3) is 0 Å². The van der Waals surface area contributed by atoms with Crippen LogP contribution in [0, 0.1) is 0 Å². The van der Waals surface area contributed by atoms with Crippen molar-refractivity contribution in [3.05, 3.63) is 22.4 Å². The van der Waals surface area contributed by atoms with Gasteiger partial charge >= 0.3 is 0 Å². The Kier molecular flexibility index (Phi) is 3.44. The van der Waals surface area contributed by atoms with E-state index >= 15 is 0 Å². The van der Waals surface area contributed by atoms with Crippen molar-refractivity contribution < 1.29 is 14.6 Å². The van der Waals surface area contributed by atoms with Crippen molar-refractivity contribution >= 4 is 11.3 Å². The Balaban J connectivity index is 3.03. The third-order valence-electron chi connectivity index (χ3n) is 2.02. The van der Waals surface area contributed by atoms with Crippen molar-refractivity contribution in [3.8, 4) is 0 Å². The molecule has 4 heteroatoms. The minimum absolute atomic E-state index is 0.707. The first-order valence-electron chi connectivity index (χ1n) is 3.99. The van der Waals surface area contributed by atoms with Crippen molar-refractivity contribution in [1.82, 2.24) is 0 Å². The maximum Gasteiger partial charge on any atom is 0.230 e. The summed E-state index contributed by atoms with van der Waals surface area (Å²) >= 11 is 1.50. The summed E-state index contributed by atoms with van der Waals surface area (Å²) in [4.78, 5) is 0.868. The van der Waals surface area contributed by atoms with Gasteiger partial charge in [-0.1, -0.05) is 6.07 Å². The zero-order valence-electron chi connectivity index (χ0n) is 7.98. The van der Waals surface area contributed by atoms with Gasteiger partial charge in [-0.2, -0.15) is 0 Å². The fraction of sp³-hybridized carbons (Fsp3) is 0.556. The minimum atomic E-state index is -1.02. The molecule has 74 valence electrons. The van der Waals surface area contributed by atoms with Crippen molar-refractivity contribution in [2.24, 2.45) is 0 Å². The van der Waals surface area contributed by atoms with E-state index in [0.717, 1.165) is 4.88 Å². The third-order valence-corrected chi connectivity index (χ3v) is 2.99. The first-order valence-corrected chi connectivity index (χ1v) is 4.87. The Labute approximate surface area is 81.9 Å². The standard InChI is InChI=1S/C9H14O3S/c1-7(10)9(11-2,12-3)8-5-4-6-13-8/h4-7,10H,1-3H3. The molecule has 1 aromatic rings. The lowest BCUT2D eigenvalue weighted by molar-refractivity contribution is -0.262. The molecule has 1 rings (SSSR count). The fourth-order valence-electron chi connectivity index (χ4n) is 1.31. The van der Waals surface area contributed by atoms with E-state index in [9.17, 15) is 5.11 Å². The van der Waals surface area contributed by atoms with E-state index in [1.807, 2.05) is 17.5 Å². The van der Waals surface area contributed by atoms with Gasteiger partial charge in [0.2, 0.25) is 5.79 Å². The Morgan fingerprint density at radius 1 is 1.46 bits per heavy atom. The number of aliphatic hydroxyl groups is 1. The molecule has 0 aromatic carbocycles. The van der Waals surface area contributed by atoms with Crippen LogP contribution < -0.4 is 0 Å². The lowest BCUT2D eigenvalue weighted by atomic mass is 10.1. The van der Waals surface area contributed by atoms with Gasteiger partial charge in [-0.3, -0.25) is 0 Å². The predicted molar refractivity (Wildman–Crippen MR) is 51.7 cm³/mol. The van der Waals surface area contributed by atoms with E-state index in [-0.39, 0.29) is 0 Å². The number of thiophene rings is 1. The summed E-state index contributed by atoms with van der Waals surface area (Å²) in [5, 5.41) is 11.5. The molecule has 0 amide bonds. The Hall–Kier alpha value is -0.420. The summed E-state index contributed by atoms with van der Waals surface area (Å²) in [5.74, 6) is -1.02. The van der Waals surface area contributed by atoms with Gasteiger partial charge in [-0.15, -0.1) is 11.3 Å². The van der Waals surface area contributed by atoms with E-state index in [1.54, 1.807) is 6.92 Å². The highest BCUT2D eigenvalue weighted by atomic mass is 32.1. The van der Waals surface area contributed by atoms with Crippen molar-refractivity contribution in [2.45, 2.75) is 18.8 Å². The lowest BCUT2D eigenvalue weighted by Crippen LogP contribution is -2.40. The van der Waals surface area contributed by atoms with Crippen LogP contribution in [-0.4, -0.2) is 25.4 Å².